The quantitative estimate of drug-likeness (QED) is 0.633. The standard InChI is InChI=1S/C14H28N2O3.ClH/c1-2-3-8-18-9-4-7-16-14(17)13(15)12-5-10-19-11-6-12;/h12-13H,2-11,15H2,1H3,(H,16,17);1H. The first-order valence-corrected chi connectivity index (χ1v) is 7.44. The van der Waals surface area contributed by atoms with Gasteiger partial charge in [0.15, 0.2) is 0 Å². The van der Waals surface area contributed by atoms with Crippen molar-refractivity contribution < 1.29 is 14.3 Å². The molecule has 1 saturated heterocycles. The van der Waals surface area contributed by atoms with Crippen molar-refractivity contribution in [1.29, 1.82) is 0 Å². The lowest BCUT2D eigenvalue weighted by Crippen LogP contribution is -2.47. The van der Waals surface area contributed by atoms with Crippen molar-refractivity contribution in [2.24, 2.45) is 11.7 Å². The Labute approximate surface area is 128 Å². The second-order valence-electron chi connectivity index (χ2n) is 5.09. The minimum Gasteiger partial charge on any atom is -0.381 e. The molecule has 0 spiro atoms. The van der Waals surface area contributed by atoms with Crippen LogP contribution in [0.3, 0.4) is 0 Å². The van der Waals surface area contributed by atoms with Gasteiger partial charge in [0.2, 0.25) is 5.91 Å². The molecule has 0 aromatic heterocycles. The number of nitrogens with one attached hydrogen (secondary N) is 1. The summed E-state index contributed by atoms with van der Waals surface area (Å²) in [4.78, 5) is 11.9. The van der Waals surface area contributed by atoms with E-state index >= 15 is 0 Å². The van der Waals surface area contributed by atoms with Gasteiger partial charge in [0, 0.05) is 33.0 Å². The zero-order valence-corrected chi connectivity index (χ0v) is 13.3. The summed E-state index contributed by atoms with van der Waals surface area (Å²) in [6.45, 7) is 5.73. The maximum atomic E-state index is 11.9. The van der Waals surface area contributed by atoms with Crippen LogP contribution in [0.1, 0.15) is 39.0 Å². The average molecular weight is 309 g/mol. The lowest BCUT2D eigenvalue weighted by Gasteiger charge is -2.26. The first-order valence-electron chi connectivity index (χ1n) is 7.44. The summed E-state index contributed by atoms with van der Waals surface area (Å²) < 4.78 is 10.7. The molecule has 5 nitrogen and oxygen atoms in total. The molecule has 1 fully saturated rings. The predicted octanol–water partition coefficient (Wildman–Crippen LogP) is 1.49. The van der Waals surface area contributed by atoms with Crippen LogP contribution in [-0.4, -0.2) is 44.9 Å². The number of hydrogen-bond donors (Lipinski definition) is 2. The largest absolute Gasteiger partial charge is 0.381 e. The highest BCUT2D eigenvalue weighted by Gasteiger charge is 2.26. The summed E-state index contributed by atoms with van der Waals surface area (Å²) >= 11 is 0. The van der Waals surface area contributed by atoms with Gasteiger partial charge in [-0.3, -0.25) is 4.79 Å². The van der Waals surface area contributed by atoms with E-state index in [2.05, 4.69) is 12.2 Å². The fourth-order valence-electron chi connectivity index (χ4n) is 2.14. The van der Waals surface area contributed by atoms with Crippen LogP contribution in [0.5, 0.6) is 0 Å². The monoisotopic (exact) mass is 308 g/mol. The number of carbonyl (C=O) groups excluding carboxylic acids is 1. The van der Waals surface area contributed by atoms with Gasteiger partial charge in [-0.05, 0) is 31.6 Å². The SMILES string of the molecule is CCCCOCCCNC(=O)C(N)C1CCOCC1.Cl. The molecular weight excluding hydrogens is 280 g/mol. The topological polar surface area (TPSA) is 73.6 Å². The Bertz CT molecular complexity index is 249. The van der Waals surface area contributed by atoms with Gasteiger partial charge in [-0.25, -0.2) is 0 Å². The fraction of sp³-hybridized carbons (Fsp3) is 0.929. The third-order valence-corrected chi connectivity index (χ3v) is 3.48. The van der Waals surface area contributed by atoms with Crippen molar-refractivity contribution in [3.8, 4) is 0 Å². The molecule has 1 heterocycles. The summed E-state index contributed by atoms with van der Waals surface area (Å²) in [6, 6.07) is -0.398. The van der Waals surface area contributed by atoms with Crippen molar-refractivity contribution in [1.82, 2.24) is 5.32 Å². The van der Waals surface area contributed by atoms with Crippen LogP contribution in [-0.2, 0) is 14.3 Å². The van der Waals surface area contributed by atoms with Crippen molar-refractivity contribution in [2.75, 3.05) is 33.0 Å². The highest BCUT2D eigenvalue weighted by atomic mass is 35.5. The molecule has 0 saturated carbocycles. The zero-order chi connectivity index (χ0) is 13.9. The molecule has 0 radical (unpaired) electrons. The van der Waals surface area contributed by atoms with E-state index in [1.54, 1.807) is 0 Å². The summed E-state index contributed by atoms with van der Waals surface area (Å²) in [5.41, 5.74) is 5.97. The van der Waals surface area contributed by atoms with Gasteiger partial charge in [0.25, 0.3) is 0 Å². The van der Waals surface area contributed by atoms with Crippen molar-refractivity contribution in [2.45, 2.75) is 45.1 Å². The molecule has 1 aliphatic heterocycles. The number of unbranched alkanes of at least 4 members (excludes halogenated alkanes) is 1. The van der Waals surface area contributed by atoms with E-state index in [1.807, 2.05) is 0 Å². The molecule has 6 heteroatoms. The van der Waals surface area contributed by atoms with Gasteiger partial charge >= 0.3 is 0 Å². The summed E-state index contributed by atoms with van der Waals surface area (Å²) in [6.07, 6.45) is 4.86. The van der Waals surface area contributed by atoms with Crippen LogP contribution >= 0.6 is 12.4 Å². The third-order valence-electron chi connectivity index (χ3n) is 3.48. The van der Waals surface area contributed by atoms with E-state index in [4.69, 9.17) is 15.2 Å². The van der Waals surface area contributed by atoms with E-state index in [1.165, 1.54) is 0 Å². The number of carbonyl (C=O) groups is 1. The molecule has 3 N–H and O–H groups in total. The molecule has 1 rings (SSSR count). The number of rotatable bonds is 9. The van der Waals surface area contributed by atoms with Crippen molar-refractivity contribution in [3.05, 3.63) is 0 Å². The molecule has 0 aliphatic carbocycles. The fourth-order valence-corrected chi connectivity index (χ4v) is 2.14. The van der Waals surface area contributed by atoms with Crippen LogP contribution in [0, 0.1) is 5.92 Å². The van der Waals surface area contributed by atoms with E-state index in [0.717, 1.165) is 51.9 Å². The summed E-state index contributed by atoms with van der Waals surface area (Å²) in [5, 5.41) is 2.89. The van der Waals surface area contributed by atoms with Gasteiger partial charge < -0.3 is 20.5 Å². The molecular formula is C14H29ClN2O3. The number of hydrogen-bond acceptors (Lipinski definition) is 4. The molecule has 1 amide bonds. The van der Waals surface area contributed by atoms with E-state index in [0.29, 0.717) is 13.2 Å². The Morgan fingerprint density at radius 2 is 2.00 bits per heavy atom. The van der Waals surface area contributed by atoms with Gasteiger partial charge in [-0.2, -0.15) is 0 Å². The Balaban J connectivity index is 0.00000361. The summed E-state index contributed by atoms with van der Waals surface area (Å²) in [5.74, 6) is 0.218. The molecule has 120 valence electrons. The highest BCUT2D eigenvalue weighted by Crippen LogP contribution is 2.17. The molecule has 20 heavy (non-hydrogen) atoms. The first kappa shape index (κ1) is 19.6. The van der Waals surface area contributed by atoms with E-state index in [-0.39, 0.29) is 24.2 Å². The molecule has 0 aromatic carbocycles. The van der Waals surface area contributed by atoms with E-state index in [9.17, 15) is 4.79 Å². The highest BCUT2D eigenvalue weighted by molar-refractivity contribution is 5.85. The third kappa shape index (κ3) is 8.04. The Morgan fingerprint density at radius 3 is 2.65 bits per heavy atom. The van der Waals surface area contributed by atoms with Crippen LogP contribution in [0.4, 0.5) is 0 Å². The van der Waals surface area contributed by atoms with E-state index < -0.39 is 6.04 Å². The maximum Gasteiger partial charge on any atom is 0.237 e. The number of ether oxygens (including phenoxy) is 2. The average Bonchev–Trinajstić information content (AvgIpc) is 2.46. The zero-order valence-electron chi connectivity index (χ0n) is 12.4. The van der Waals surface area contributed by atoms with Gasteiger partial charge in [0.1, 0.15) is 0 Å². The second kappa shape index (κ2) is 12.4. The molecule has 1 aliphatic rings. The maximum absolute atomic E-state index is 11.9. The molecule has 1 atom stereocenters. The predicted molar refractivity (Wildman–Crippen MR) is 82.1 cm³/mol. The van der Waals surface area contributed by atoms with Crippen LogP contribution in [0.15, 0.2) is 0 Å². The number of amides is 1. The number of nitrogens with two attached hydrogens (primary N) is 1. The Kier molecular flexibility index (Phi) is 12.2. The van der Waals surface area contributed by atoms with Crippen LogP contribution in [0.2, 0.25) is 0 Å². The van der Waals surface area contributed by atoms with Crippen molar-refractivity contribution in [3.63, 3.8) is 0 Å². The minimum atomic E-state index is -0.398. The first-order chi connectivity index (χ1) is 9.25. The lowest BCUT2D eigenvalue weighted by atomic mass is 9.92. The Hall–Kier alpha value is -0.360. The second-order valence-corrected chi connectivity index (χ2v) is 5.09. The smallest absolute Gasteiger partial charge is 0.237 e. The van der Waals surface area contributed by atoms with Gasteiger partial charge in [0.05, 0.1) is 6.04 Å². The van der Waals surface area contributed by atoms with Crippen molar-refractivity contribution >= 4 is 18.3 Å². The Morgan fingerprint density at radius 1 is 1.35 bits per heavy atom. The molecule has 0 bridgehead atoms. The normalized spacial score (nSPS) is 17.3. The minimum absolute atomic E-state index is 0. The van der Waals surface area contributed by atoms with Crippen LogP contribution in [0.25, 0.3) is 0 Å². The lowest BCUT2D eigenvalue weighted by molar-refractivity contribution is -0.124. The summed E-state index contributed by atoms with van der Waals surface area (Å²) in [7, 11) is 0. The molecule has 1 unspecified atom stereocenters. The van der Waals surface area contributed by atoms with Crippen LogP contribution < -0.4 is 11.1 Å². The number of halogens is 1. The van der Waals surface area contributed by atoms with Gasteiger partial charge in [-0.1, -0.05) is 13.3 Å². The van der Waals surface area contributed by atoms with Gasteiger partial charge in [-0.15, -0.1) is 12.4 Å². The molecule has 0 aromatic rings.